The van der Waals surface area contributed by atoms with Gasteiger partial charge in [-0.3, -0.25) is 4.40 Å². The molecule has 3 aromatic heterocycles. The van der Waals surface area contributed by atoms with E-state index in [2.05, 4.69) is 40.2 Å². The number of anilines is 2. The summed E-state index contributed by atoms with van der Waals surface area (Å²) in [5.41, 5.74) is 2.13. The molecule has 0 unspecified atom stereocenters. The van der Waals surface area contributed by atoms with Crippen LogP contribution in [0, 0.1) is 5.82 Å². The van der Waals surface area contributed by atoms with E-state index in [0.717, 1.165) is 37.0 Å². The summed E-state index contributed by atoms with van der Waals surface area (Å²) in [6, 6.07) is 4.56. The largest absolute Gasteiger partial charge is 0.366 e. The molecule has 2 N–H and O–H groups in total. The first-order valence-corrected chi connectivity index (χ1v) is 15.2. The summed E-state index contributed by atoms with van der Waals surface area (Å²) >= 11 is 0. The number of halogens is 1. The van der Waals surface area contributed by atoms with Crippen molar-refractivity contribution < 1.29 is 9.13 Å². The zero-order valence-corrected chi connectivity index (χ0v) is 20.2. The number of nitrogens with one attached hydrogen (secondary N) is 2. The molecule has 4 rings (SSSR count). The highest BCUT2D eigenvalue weighted by molar-refractivity contribution is 6.76. The number of rotatable bonds is 9. The molecule has 7 nitrogen and oxygen atoms in total. The Bertz CT molecular complexity index is 1040. The molecule has 0 atom stereocenters. The Labute approximate surface area is 189 Å². The van der Waals surface area contributed by atoms with Crippen molar-refractivity contribution in [3.05, 3.63) is 36.5 Å². The van der Waals surface area contributed by atoms with E-state index in [-0.39, 0.29) is 5.82 Å². The standard InChI is InChI=1S/C23H33FN6OSi/c1-32(2,3)12-11-31-16-27-19-13-26-23(29-22(19)28-18-7-5-4-6-8-18)20-14-25-21-10-9-17(24)15-30(20)21/h9-10,13-15,18,27H,4-8,11-12,16H2,1-3H3,(H,26,28,29). The molecule has 0 aliphatic heterocycles. The van der Waals surface area contributed by atoms with Crippen LogP contribution in [0.1, 0.15) is 32.1 Å². The fourth-order valence-electron chi connectivity index (χ4n) is 3.88. The van der Waals surface area contributed by atoms with Crippen molar-refractivity contribution in [1.29, 1.82) is 0 Å². The number of fused-ring (bicyclic) bond motifs is 1. The third kappa shape index (κ3) is 5.83. The van der Waals surface area contributed by atoms with Crippen molar-refractivity contribution >= 4 is 25.2 Å². The van der Waals surface area contributed by atoms with Gasteiger partial charge in [0.1, 0.15) is 23.9 Å². The molecule has 1 aliphatic carbocycles. The smallest absolute Gasteiger partial charge is 0.180 e. The lowest BCUT2D eigenvalue weighted by atomic mass is 9.95. The molecule has 0 saturated heterocycles. The lowest BCUT2D eigenvalue weighted by molar-refractivity contribution is 0.166. The van der Waals surface area contributed by atoms with E-state index in [1.54, 1.807) is 22.9 Å². The van der Waals surface area contributed by atoms with Crippen molar-refractivity contribution in [2.24, 2.45) is 0 Å². The summed E-state index contributed by atoms with van der Waals surface area (Å²) in [6.07, 6.45) is 10.9. The molecule has 3 heterocycles. The third-order valence-electron chi connectivity index (χ3n) is 5.79. The van der Waals surface area contributed by atoms with Crippen LogP contribution in [0.2, 0.25) is 25.7 Å². The lowest BCUT2D eigenvalue weighted by Crippen LogP contribution is -2.24. The normalized spacial score (nSPS) is 15.2. The molecule has 1 fully saturated rings. The average Bonchev–Trinajstić information content (AvgIpc) is 3.17. The number of hydrogen-bond acceptors (Lipinski definition) is 6. The molecule has 0 amide bonds. The Kier molecular flexibility index (Phi) is 7.05. The van der Waals surface area contributed by atoms with Gasteiger partial charge >= 0.3 is 0 Å². The molecular weight excluding hydrogens is 423 g/mol. The second kappa shape index (κ2) is 9.95. The van der Waals surface area contributed by atoms with Gasteiger partial charge in [0.25, 0.3) is 0 Å². The highest BCUT2D eigenvalue weighted by atomic mass is 28.3. The van der Waals surface area contributed by atoms with Gasteiger partial charge in [-0.25, -0.2) is 19.3 Å². The first kappa shape index (κ1) is 22.7. The van der Waals surface area contributed by atoms with Crippen LogP contribution in [0.3, 0.4) is 0 Å². The number of nitrogens with zero attached hydrogens (tertiary/aromatic N) is 4. The molecule has 172 valence electrons. The molecule has 1 saturated carbocycles. The Balaban J connectivity index is 1.54. The number of pyridine rings is 1. The average molecular weight is 457 g/mol. The van der Waals surface area contributed by atoms with Crippen LogP contribution in [0.15, 0.2) is 30.7 Å². The predicted molar refractivity (Wildman–Crippen MR) is 129 cm³/mol. The van der Waals surface area contributed by atoms with Gasteiger partial charge in [-0.15, -0.1) is 0 Å². The molecule has 0 bridgehead atoms. The topological polar surface area (TPSA) is 76.4 Å². The molecule has 9 heteroatoms. The van der Waals surface area contributed by atoms with Gasteiger partial charge in [0.05, 0.1) is 18.1 Å². The molecule has 0 spiro atoms. The van der Waals surface area contributed by atoms with Crippen LogP contribution >= 0.6 is 0 Å². The minimum atomic E-state index is -1.12. The molecule has 3 aromatic rings. The van der Waals surface area contributed by atoms with Crippen LogP contribution in [0.5, 0.6) is 0 Å². The Morgan fingerprint density at radius 3 is 2.72 bits per heavy atom. The zero-order valence-electron chi connectivity index (χ0n) is 19.2. The second-order valence-corrected chi connectivity index (χ2v) is 15.3. The summed E-state index contributed by atoms with van der Waals surface area (Å²) < 4.78 is 21.3. The quantitative estimate of drug-likeness (QED) is 0.255. The highest BCUT2D eigenvalue weighted by Gasteiger charge is 2.18. The lowest BCUT2D eigenvalue weighted by Gasteiger charge is -2.25. The maximum Gasteiger partial charge on any atom is 0.180 e. The van der Waals surface area contributed by atoms with E-state index < -0.39 is 8.07 Å². The van der Waals surface area contributed by atoms with Crippen molar-refractivity contribution in [2.75, 3.05) is 24.0 Å². The van der Waals surface area contributed by atoms with Crippen LogP contribution in [-0.2, 0) is 4.74 Å². The van der Waals surface area contributed by atoms with Crippen LogP contribution in [0.25, 0.3) is 17.2 Å². The summed E-state index contributed by atoms with van der Waals surface area (Å²) in [7, 11) is -1.12. The monoisotopic (exact) mass is 456 g/mol. The minimum Gasteiger partial charge on any atom is -0.366 e. The summed E-state index contributed by atoms with van der Waals surface area (Å²) in [4.78, 5) is 13.7. The Morgan fingerprint density at radius 2 is 1.94 bits per heavy atom. The number of hydrogen-bond donors (Lipinski definition) is 2. The molecule has 0 aromatic carbocycles. The zero-order chi connectivity index (χ0) is 22.6. The highest BCUT2D eigenvalue weighted by Crippen LogP contribution is 2.27. The van der Waals surface area contributed by atoms with Gasteiger partial charge < -0.3 is 15.4 Å². The van der Waals surface area contributed by atoms with Gasteiger partial charge in [0, 0.05) is 26.9 Å². The Hall–Kier alpha value is -2.52. The van der Waals surface area contributed by atoms with E-state index in [4.69, 9.17) is 9.72 Å². The summed E-state index contributed by atoms with van der Waals surface area (Å²) in [5.74, 6) is 0.930. The van der Waals surface area contributed by atoms with Gasteiger partial charge in [-0.2, -0.15) is 0 Å². The van der Waals surface area contributed by atoms with Crippen molar-refractivity contribution in [3.63, 3.8) is 0 Å². The maximum atomic E-state index is 13.8. The first-order valence-electron chi connectivity index (χ1n) is 11.5. The van der Waals surface area contributed by atoms with E-state index >= 15 is 0 Å². The summed E-state index contributed by atoms with van der Waals surface area (Å²) in [6.45, 7) is 8.19. The summed E-state index contributed by atoms with van der Waals surface area (Å²) in [5, 5.41) is 6.94. The first-order chi connectivity index (χ1) is 15.4. The van der Waals surface area contributed by atoms with Gasteiger partial charge in [-0.1, -0.05) is 38.9 Å². The Morgan fingerprint density at radius 1 is 1.12 bits per heavy atom. The van der Waals surface area contributed by atoms with Gasteiger partial charge in [0.15, 0.2) is 11.6 Å². The van der Waals surface area contributed by atoms with E-state index in [0.29, 0.717) is 29.9 Å². The third-order valence-corrected chi connectivity index (χ3v) is 7.50. The van der Waals surface area contributed by atoms with Gasteiger partial charge in [-0.05, 0) is 31.0 Å². The number of aromatic nitrogens is 4. The van der Waals surface area contributed by atoms with Crippen molar-refractivity contribution in [2.45, 2.75) is 63.8 Å². The number of imidazole rings is 1. The fourth-order valence-corrected chi connectivity index (χ4v) is 4.64. The molecule has 32 heavy (non-hydrogen) atoms. The van der Waals surface area contributed by atoms with E-state index in [1.165, 1.54) is 31.5 Å². The number of ether oxygens (including phenoxy) is 1. The predicted octanol–water partition coefficient (Wildman–Crippen LogP) is 5.40. The van der Waals surface area contributed by atoms with Gasteiger partial charge in [0.2, 0.25) is 0 Å². The van der Waals surface area contributed by atoms with Crippen LogP contribution < -0.4 is 10.6 Å². The van der Waals surface area contributed by atoms with E-state index in [1.807, 2.05) is 0 Å². The molecule has 0 radical (unpaired) electrons. The maximum absolute atomic E-state index is 13.8. The SMILES string of the molecule is C[Si](C)(C)CCOCNc1cnc(-c2cnc3ccc(F)cn23)nc1NC1CCCCC1. The molecular formula is C23H33FN6OSi. The minimum absolute atomic E-state index is 0.328. The van der Waals surface area contributed by atoms with Crippen LogP contribution in [0.4, 0.5) is 15.9 Å². The van der Waals surface area contributed by atoms with Crippen LogP contribution in [-0.4, -0.2) is 46.8 Å². The fraction of sp³-hybridized carbons (Fsp3) is 0.522. The molecule has 1 aliphatic rings. The van der Waals surface area contributed by atoms with E-state index in [9.17, 15) is 4.39 Å². The second-order valence-electron chi connectivity index (χ2n) is 9.69. The van der Waals surface area contributed by atoms with Crippen molar-refractivity contribution in [1.82, 2.24) is 19.4 Å². The van der Waals surface area contributed by atoms with Crippen molar-refractivity contribution in [3.8, 4) is 11.5 Å².